The van der Waals surface area contributed by atoms with Gasteiger partial charge in [-0.1, -0.05) is 51.1 Å². The van der Waals surface area contributed by atoms with E-state index in [0.717, 1.165) is 35.5 Å². The lowest BCUT2D eigenvalue weighted by molar-refractivity contribution is -0.139. The van der Waals surface area contributed by atoms with E-state index >= 15 is 4.39 Å². The summed E-state index contributed by atoms with van der Waals surface area (Å²) in [5.41, 5.74) is 7.36. The Morgan fingerprint density at radius 1 is 0.833 bits per heavy atom. The summed E-state index contributed by atoms with van der Waals surface area (Å²) in [6.45, 7) is 6.07. The molecule has 362 valence electrons. The number of rotatable bonds is 30. The number of halogens is 2. The van der Waals surface area contributed by atoms with Crippen molar-refractivity contribution in [3.8, 4) is 11.1 Å². The summed E-state index contributed by atoms with van der Waals surface area (Å²) in [6.07, 6.45) is -0.0331. The van der Waals surface area contributed by atoms with Crippen LogP contribution in [0.1, 0.15) is 89.4 Å². The third-order valence-corrected chi connectivity index (χ3v) is 13.1. The van der Waals surface area contributed by atoms with E-state index in [-0.39, 0.29) is 87.7 Å². The molecule has 0 fully saturated rings. The van der Waals surface area contributed by atoms with Crippen molar-refractivity contribution in [2.75, 3.05) is 49.2 Å². The van der Waals surface area contributed by atoms with Crippen molar-refractivity contribution in [2.24, 2.45) is 17.1 Å². The van der Waals surface area contributed by atoms with Gasteiger partial charge in [-0.2, -0.15) is 11.8 Å². The first-order chi connectivity index (χ1) is 31.1. The van der Waals surface area contributed by atoms with Crippen LogP contribution in [0, 0.1) is 23.0 Å². The van der Waals surface area contributed by atoms with Crippen molar-refractivity contribution >= 4 is 62.8 Å². The molecule has 3 aromatic rings. The van der Waals surface area contributed by atoms with Crippen LogP contribution in [-0.2, 0) is 49.9 Å². The molecule has 66 heavy (non-hydrogen) atoms. The monoisotopic (exact) mass is 961 g/mol. The van der Waals surface area contributed by atoms with Crippen LogP contribution >= 0.6 is 11.8 Å². The number of benzene rings is 2. The van der Waals surface area contributed by atoms with Crippen molar-refractivity contribution in [1.82, 2.24) is 20.1 Å². The molecular formula is C46H61F2N5O11S2. The molecule has 20 heteroatoms. The number of hydrogen-bond acceptors (Lipinski definition) is 11. The first kappa shape index (κ1) is 54.9. The summed E-state index contributed by atoms with van der Waals surface area (Å²) in [4.78, 5) is 88.0. The summed E-state index contributed by atoms with van der Waals surface area (Å²) in [6, 6.07) is 13.8. The van der Waals surface area contributed by atoms with Crippen LogP contribution in [0.5, 0.6) is 0 Å². The second-order valence-corrected chi connectivity index (χ2v) is 20.3. The molecule has 3 amide bonds. The van der Waals surface area contributed by atoms with Crippen LogP contribution in [0.4, 0.5) is 8.78 Å². The summed E-state index contributed by atoms with van der Waals surface area (Å²) < 4.78 is 57.0. The molecule has 0 unspecified atom stereocenters. The van der Waals surface area contributed by atoms with Gasteiger partial charge in [0.05, 0.1) is 42.1 Å². The maximum absolute atomic E-state index is 15.2. The molecule has 1 aromatic heterocycles. The number of nitrogens with one attached hydrogen (secondary N) is 2. The molecule has 0 saturated heterocycles. The fourth-order valence-corrected chi connectivity index (χ4v) is 9.17. The second-order valence-electron chi connectivity index (χ2n) is 17.0. The lowest BCUT2D eigenvalue weighted by atomic mass is 9.83. The van der Waals surface area contributed by atoms with Gasteiger partial charge in [-0.3, -0.25) is 33.6 Å². The van der Waals surface area contributed by atoms with Crippen molar-refractivity contribution in [1.29, 1.82) is 0 Å². The number of Topliss-reactive ketones (excluding diaryl/α,β-unsaturated/α-hetero) is 2. The van der Waals surface area contributed by atoms with Gasteiger partial charge in [-0.15, -0.1) is 0 Å². The minimum Gasteiger partial charge on any atom is -0.481 e. The zero-order valence-electron chi connectivity index (χ0n) is 37.6. The number of amides is 3. The topological polar surface area (TPSA) is 252 Å². The Balaban J connectivity index is 1.77. The van der Waals surface area contributed by atoms with Gasteiger partial charge in [-0.25, -0.2) is 17.2 Å². The molecule has 0 aliphatic rings. The van der Waals surface area contributed by atoms with E-state index in [4.69, 9.17) is 15.9 Å². The zero-order chi connectivity index (χ0) is 49.0. The van der Waals surface area contributed by atoms with E-state index in [9.17, 15) is 46.4 Å². The third-order valence-electron chi connectivity index (χ3n) is 10.4. The molecule has 0 saturated carbocycles. The normalized spacial score (nSPS) is 12.5. The maximum atomic E-state index is 15.2. The summed E-state index contributed by atoms with van der Waals surface area (Å²) >= 11 is 1.07. The summed E-state index contributed by atoms with van der Waals surface area (Å²) in [7, 11) is -3.81. The van der Waals surface area contributed by atoms with E-state index in [2.05, 4.69) is 10.6 Å². The highest BCUT2D eigenvalue weighted by Crippen LogP contribution is 2.41. The Morgan fingerprint density at radius 2 is 1.45 bits per heavy atom. The molecule has 1 heterocycles. The predicted molar refractivity (Wildman–Crippen MR) is 246 cm³/mol. The highest BCUT2D eigenvalue weighted by atomic mass is 32.2. The molecule has 3 rings (SSSR count). The predicted octanol–water partition coefficient (Wildman–Crippen LogP) is 4.78. The molecule has 2 atom stereocenters. The van der Waals surface area contributed by atoms with Crippen molar-refractivity contribution in [2.45, 2.75) is 84.7 Å². The zero-order valence-corrected chi connectivity index (χ0v) is 39.2. The van der Waals surface area contributed by atoms with Crippen LogP contribution in [0.3, 0.4) is 0 Å². The first-order valence-electron chi connectivity index (χ1n) is 21.6. The molecule has 0 radical (unpaired) electrons. The van der Waals surface area contributed by atoms with Crippen molar-refractivity contribution < 1.29 is 61.0 Å². The van der Waals surface area contributed by atoms with Crippen molar-refractivity contribution in [3.05, 3.63) is 83.7 Å². The van der Waals surface area contributed by atoms with Gasteiger partial charge in [0.2, 0.25) is 17.7 Å². The molecule has 0 bridgehead atoms. The van der Waals surface area contributed by atoms with Gasteiger partial charge in [0.25, 0.3) is 0 Å². The highest BCUT2D eigenvalue weighted by Gasteiger charge is 2.37. The second kappa shape index (κ2) is 26.6. The molecule has 0 aliphatic heterocycles. The quantitative estimate of drug-likeness (QED) is 0.0604. The molecule has 16 nitrogen and oxygen atoms in total. The number of nitrogens with two attached hydrogens (primary N) is 1. The number of carboxylic acid groups (broad SMARTS) is 2. The first-order valence-corrected chi connectivity index (χ1v) is 24.6. The number of hydrogen-bond donors (Lipinski definition) is 5. The molecular weight excluding hydrogens is 901 g/mol. The minimum absolute atomic E-state index is 0.0498. The number of aliphatic carboxylic acids is 2. The maximum Gasteiger partial charge on any atom is 0.303 e. The van der Waals surface area contributed by atoms with E-state index in [0.29, 0.717) is 24.2 Å². The SMILES string of the molecule is CC(C)(C)[C@H](c1cc(-c2cc(F)ccc2F)cn1Cc1ccccc1)N(CCCN)C(=O)CSC[C@H](CC(=O)CCC(=O)O)C(=O)NCCS(=O)(=O)CCNC(=O)CCC(=O)CCC(=O)O. The Labute approximate surface area is 388 Å². The number of thioether (sulfide) groups is 1. The number of aromatic nitrogens is 1. The van der Waals surface area contributed by atoms with Gasteiger partial charge in [0, 0.05) is 87.1 Å². The fourth-order valence-electron chi connectivity index (χ4n) is 7.13. The molecule has 0 spiro atoms. The number of carboxylic acids is 2. The van der Waals surface area contributed by atoms with Crippen LogP contribution in [0.25, 0.3) is 11.1 Å². The average molecular weight is 962 g/mol. The Morgan fingerprint density at radius 3 is 2.08 bits per heavy atom. The van der Waals surface area contributed by atoms with E-state index < -0.39 is 92.1 Å². The van der Waals surface area contributed by atoms with Gasteiger partial charge in [0.1, 0.15) is 23.2 Å². The number of nitrogens with zero attached hydrogens (tertiary/aromatic N) is 2. The van der Waals surface area contributed by atoms with Gasteiger partial charge >= 0.3 is 11.9 Å². The Kier molecular flexibility index (Phi) is 22.1. The smallest absolute Gasteiger partial charge is 0.303 e. The van der Waals surface area contributed by atoms with Crippen LogP contribution in [0.2, 0.25) is 0 Å². The molecule has 2 aromatic carbocycles. The number of sulfone groups is 1. The van der Waals surface area contributed by atoms with Gasteiger partial charge in [-0.05, 0) is 48.2 Å². The third kappa shape index (κ3) is 19.2. The van der Waals surface area contributed by atoms with Gasteiger partial charge in [0.15, 0.2) is 9.84 Å². The van der Waals surface area contributed by atoms with E-state index in [1.165, 1.54) is 0 Å². The van der Waals surface area contributed by atoms with E-state index in [1.54, 1.807) is 17.2 Å². The Hall–Kier alpha value is -5.47. The number of carbonyl (C=O) groups is 7. The van der Waals surface area contributed by atoms with Crippen LogP contribution in [-0.4, -0.2) is 119 Å². The van der Waals surface area contributed by atoms with Crippen LogP contribution < -0.4 is 16.4 Å². The lowest BCUT2D eigenvalue weighted by Gasteiger charge is -2.41. The van der Waals surface area contributed by atoms with Gasteiger partial charge < -0.3 is 36.0 Å². The van der Waals surface area contributed by atoms with Crippen molar-refractivity contribution in [3.63, 3.8) is 0 Å². The van der Waals surface area contributed by atoms with E-state index in [1.807, 2.05) is 55.7 Å². The number of ketones is 2. The largest absolute Gasteiger partial charge is 0.481 e. The summed E-state index contributed by atoms with van der Waals surface area (Å²) in [5.74, 6) is -8.41. The van der Waals surface area contributed by atoms with Crippen LogP contribution in [0.15, 0.2) is 60.8 Å². The molecule has 0 aliphatic carbocycles. The highest BCUT2D eigenvalue weighted by molar-refractivity contribution is 7.99. The standard InChI is InChI=1S/C46H61F2N5O11S2/c1-46(2,3)44(39-25-32(37-26-34(47)10-14-38(37)48)28-52(39)27-31-8-5-4-6-9-31)53(21-7-18-49)41(57)30-65-29-33(24-36(55)13-17-43(60)61)45(62)51-20-23-66(63,64)22-19-50-40(56)15-11-35(54)12-16-42(58)59/h4-6,8-10,14,25-26,28,33,44H,7,11-13,15-24,27,29-30,49H2,1-3H3,(H,50,56)(H,51,62)(H,58,59)(H,60,61)/t33-,44-/m0/s1. The Bertz CT molecular complexity index is 2270. The average Bonchev–Trinajstić information content (AvgIpc) is 3.64. The number of carbonyl (C=O) groups excluding carboxylic acids is 5. The lowest BCUT2D eigenvalue weighted by Crippen LogP contribution is -2.44. The minimum atomic E-state index is -3.81. The molecule has 6 N–H and O–H groups in total. The fraction of sp³-hybridized carbons (Fsp3) is 0.500. The summed E-state index contributed by atoms with van der Waals surface area (Å²) in [5, 5.41) is 22.7.